The van der Waals surface area contributed by atoms with E-state index >= 15 is 0 Å². The highest BCUT2D eigenvalue weighted by atomic mass is 79.9. The minimum absolute atomic E-state index is 0.139. The number of halogens is 2. The zero-order valence-electron chi connectivity index (χ0n) is 9.90. The standard InChI is InChI=1S/C11H15BrFNO3S/c1-2-8(7-18(14,15)16)6-17-11-4-9(12)3-10(13)5-11/h3-5,8H,2,6-7H2,1H3,(H2,14,15,16). The van der Waals surface area contributed by atoms with Crippen LogP contribution < -0.4 is 9.88 Å². The Balaban J connectivity index is 2.62. The lowest BCUT2D eigenvalue weighted by Crippen LogP contribution is -2.26. The van der Waals surface area contributed by atoms with Crippen molar-refractivity contribution in [1.82, 2.24) is 0 Å². The fraction of sp³-hybridized carbons (Fsp3) is 0.455. The number of hydrogen-bond acceptors (Lipinski definition) is 3. The molecule has 1 aromatic rings. The third kappa shape index (κ3) is 5.79. The number of rotatable bonds is 6. The molecule has 7 heteroatoms. The Morgan fingerprint density at radius 2 is 2.11 bits per heavy atom. The van der Waals surface area contributed by atoms with Crippen molar-refractivity contribution < 1.29 is 17.5 Å². The van der Waals surface area contributed by atoms with Crippen molar-refractivity contribution in [2.75, 3.05) is 12.4 Å². The lowest BCUT2D eigenvalue weighted by Gasteiger charge is -2.15. The first-order valence-electron chi connectivity index (χ1n) is 5.39. The van der Waals surface area contributed by atoms with Gasteiger partial charge in [-0.2, -0.15) is 0 Å². The molecule has 0 radical (unpaired) electrons. The molecule has 0 fully saturated rings. The number of hydrogen-bond donors (Lipinski definition) is 1. The predicted molar refractivity (Wildman–Crippen MR) is 71.4 cm³/mol. The number of nitrogens with two attached hydrogens (primary N) is 1. The maximum Gasteiger partial charge on any atom is 0.209 e. The smallest absolute Gasteiger partial charge is 0.209 e. The molecule has 0 amide bonds. The maximum atomic E-state index is 13.1. The van der Waals surface area contributed by atoms with Gasteiger partial charge in [0.05, 0.1) is 12.4 Å². The molecule has 0 aromatic heterocycles. The van der Waals surface area contributed by atoms with Crippen LogP contribution in [0.5, 0.6) is 5.75 Å². The molecule has 18 heavy (non-hydrogen) atoms. The van der Waals surface area contributed by atoms with E-state index in [0.29, 0.717) is 16.6 Å². The van der Waals surface area contributed by atoms with Crippen LogP contribution in [-0.4, -0.2) is 20.8 Å². The molecule has 4 nitrogen and oxygen atoms in total. The molecular formula is C11H15BrFNO3S. The van der Waals surface area contributed by atoms with Crippen LogP contribution in [0.2, 0.25) is 0 Å². The van der Waals surface area contributed by atoms with Crippen molar-refractivity contribution in [3.63, 3.8) is 0 Å². The molecule has 1 atom stereocenters. The van der Waals surface area contributed by atoms with Crippen molar-refractivity contribution in [2.45, 2.75) is 13.3 Å². The van der Waals surface area contributed by atoms with Crippen LogP contribution in [0.15, 0.2) is 22.7 Å². The van der Waals surface area contributed by atoms with E-state index in [9.17, 15) is 12.8 Å². The molecule has 1 unspecified atom stereocenters. The Bertz CT molecular complexity index is 487. The van der Waals surface area contributed by atoms with Gasteiger partial charge in [0.15, 0.2) is 0 Å². The van der Waals surface area contributed by atoms with E-state index < -0.39 is 15.8 Å². The molecule has 0 saturated heterocycles. The van der Waals surface area contributed by atoms with Crippen LogP contribution in [0, 0.1) is 11.7 Å². The van der Waals surface area contributed by atoms with Gasteiger partial charge in [0, 0.05) is 16.5 Å². The fourth-order valence-corrected chi connectivity index (χ4v) is 2.87. The van der Waals surface area contributed by atoms with Crippen LogP contribution in [-0.2, 0) is 10.0 Å². The quantitative estimate of drug-likeness (QED) is 0.864. The van der Waals surface area contributed by atoms with E-state index in [1.54, 1.807) is 6.07 Å². The van der Waals surface area contributed by atoms with Crippen LogP contribution in [0.1, 0.15) is 13.3 Å². The molecule has 1 rings (SSSR count). The first-order chi connectivity index (χ1) is 8.30. The molecule has 0 saturated carbocycles. The first-order valence-corrected chi connectivity index (χ1v) is 7.90. The Morgan fingerprint density at radius 3 is 2.61 bits per heavy atom. The predicted octanol–water partition coefficient (Wildman–Crippen LogP) is 2.28. The van der Waals surface area contributed by atoms with Gasteiger partial charge in [-0.05, 0) is 18.6 Å². The van der Waals surface area contributed by atoms with Crippen LogP contribution in [0.4, 0.5) is 4.39 Å². The second kappa shape index (κ2) is 6.49. The highest BCUT2D eigenvalue weighted by Crippen LogP contribution is 2.21. The summed E-state index contributed by atoms with van der Waals surface area (Å²) < 4.78 is 41.0. The van der Waals surface area contributed by atoms with Crippen molar-refractivity contribution in [2.24, 2.45) is 11.1 Å². The summed E-state index contributed by atoms with van der Waals surface area (Å²) in [6, 6.07) is 4.18. The molecule has 0 spiro atoms. The molecule has 0 aliphatic heterocycles. The molecule has 0 aliphatic rings. The largest absolute Gasteiger partial charge is 0.493 e. The lowest BCUT2D eigenvalue weighted by atomic mass is 10.1. The summed E-state index contributed by atoms with van der Waals surface area (Å²) >= 11 is 3.15. The van der Waals surface area contributed by atoms with Gasteiger partial charge in [-0.1, -0.05) is 22.9 Å². The van der Waals surface area contributed by atoms with Crippen molar-refractivity contribution in [3.8, 4) is 5.75 Å². The van der Waals surface area contributed by atoms with E-state index in [1.807, 2.05) is 6.92 Å². The van der Waals surface area contributed by atoms with Crippen LogP contribution in [0.25, 0.3) is 0 Å². The summed E-state index contributed by atoms with van der Waals surface area (Å²) in [6.07, 6.45) is 0.618. The topological polar surface area (TPSA) is 69.4 Å². The van der Waals surface area contributed by atoms with E-state index in [2.05, 4.69) is 15.9 Å². The van der Waals surface area contributed by atoms with Gasteiger partial charge in [0.2, 0.25) is 10.0 Å². The molecule has 102 valence electrons. The van der Waals surface area contributed by atoms with Crippen molar-refractivity contribution in [1.29, 1.82) is 0 Å². The summed E-state index contributed by atoms with van der Waals surface area (Å²) in [7, 11) is -3.52. The summed E-state index contributed by atoms with van der Waals surface area (Å²) in [5.74, 6) is -0.407. The SMILES string of the molecule is CCC(COc1cc(F)cc(Br)c1)CS(N)(=O)=O. The molecular weight excluding hydrogens is 325 g/mol. The molecule has 1 aromatic carbocycles. The van der Waals surface area contributed by atoms with Crippen molar-refractivity contribution >= 4 is 26.0 Å². The summed E-state index contributed by atoms with van der Waals surface area (Å²) in [6.45, 7) is 2.03. The van der Waals surface area contributed by atoms with Crippen molar-refractivity contribution in [3.05, 3.63) is 28.5 Å². The molecule has 0 bridgehead atoms. The number of ether oxygens (including phenoxy) is 1. The molecule has 0 aliphatic carbocycles. The Morgan fingerprint density at radius 1 is 1.44 bits per heavy atom. The van der Waals surface area contributed by atoms with Gasteiger partial charge in [0.1, 0.15) is 11.6 Å². The first kappa shape index (κ1) is 15.4. The lowest BCUT2D eigenvalue weighted by molar-refractivity contribution is 0.256. The van der Waals surface area contributed by atoms with Gasteiger partial charge >= 0.3 is 0 Å². The third-order valence-electron chi connectivity index (χ3n) is 2.37. The summed E-state index contributed by atoms with van der Waals surface area (Å²) in [4.78, 5) is 0. The van der Waals surface area contributed by atoms with E-state index in [4.69, 9.17) is 9.88 Å². The van der Waals surface area contributed by atoms with E-state index in [-0.39, 0.29) is 18.3 Å². The Hall–Kier alpha value is -0.660. The minimum Gasteiger partial charge on any atom is -0.493 e. The number of primary sulfonamides is 1. The average molecular weight is 340 g/mol. The third-order valence-corrected chi connectivity index (χ3v) is 3.76. The summed E-state index contributed by atoms with van der Waals surface area (Å²) in [5.41, 5.74) is 0. The van der Waals surface area contributed by atoms with Gasteiger partial charge in [-0.25, -0.2) is 17.9 Å². The highest BCUT2D eigenvalue weighted by Gasteiger charge is 2.15. The highest BCUT2D eigenvalue weighted by molar-refractivity contribution is 9.10. The fourth-order valence-electron chi connectivity index (χ4n) is 1.44. The normalized spacial score (nSPS) is 13.3. The number of sulfonamides is 1. The Labute approximate surface area is 115 Å². The van der Waals surface area contributed by atoms with Crippen LogP contribution in [0.3, 0.4) is 0 Å². The van der Waals surface area contributed by atoms with Gasteiger partial charge in [-0.15, -0.1) is 0 Å². The number of benzene rings is 1. The Kier molecular flexibility index (Phi) is 5.55. The average Bonchev–Trinajstić information content (AvgIpc) is 2.21. The van der Waals surface area contributed by atoms with Gasteiger partial charge in [-0.3, -0.25) is 0 Å². The molecule has 0 heterocycles. The monoisotopic (exact) mass is 339 g/mol. The van der Waals surface area contributed by atoms with E-state index in [1.165, 1.54) is 12.1 Å². The zero-order chi connectivity index (χ0) is 13.8. The van der Waals surface area contributed by atoms with Gasteiger partial charge in [0.25, 0.3) is 0 Å². The minimum atomic E-state index is -3.52. The second-order valence-corrected chi connectivity index (χ2v) is 6.59. The summed E-state index contributed by atoms with van der Waals surface area (Å²) in [5, 5.41) is 4.98. The second-order valence-electron chi connectivity index (χ2n) is 4.02. The van der Waals surface area contributed by atoms with Gasteiger partial charge < -0.3 is 4.74 Å². The van der Waals surface area contributed by atoms with Crippen LogP contribution >= 0.6 is 15.9 Å². The molecule has 2 N–H and O–H groups in total. The zero-order valence-corrected chi connectivity index (χ0v) is 12.3. The van der Waals surface area contributed by atoms with E-state index in [0.717, 1.165) is 0 Å². The maximum absolute atomic E-state index is 13.1.